The van der Waals surface area contributed by atoms with Gasteiger partial charge in [-0.15, -0.1) is 0 Å². The highest BCUT2D eigenvalue weighted by molar-refractivity contribution is 5.94. The Hall–Kier alpha value is -3.19. The van der Waals surface area contributed by atoms with Crippen molar-refractivity contribution in [3.63, 3.8) is 0 Å². The molecule has 0 bridgehead atoms. The molecule has 0 aliphatic carbocycles. The van der Waals surface area contributed by atoms with Crippen LogP contribution in [0.15, 0.2) is 60.7 Å². The van der Waals surface area contributed by atoms with Crippen LogP contribution in [0.2, 0.25) is 0 Å². The molecule has 2 aliphatic rings. The van der Waals surface area contributed by atoms with Gasteiger partial charge in [-0.1, -0.05) is 80.4 Å². The SMILES string of the molecule is CC[C@@H](C(=O)N[C@H]1CCCC[C@H]2CC[C@@H](C(=O)NC(c3ccccc3)c3ccccc3)N2C1=O)N(C)C. The molecule has 7 heteroatoms. The summed E-state index contributed by atoms with van der Waals surface area (Å²) >= 11 is 0. The summed E-state index contributed by atoms with van der Waals surface area (Å²) in [6, 6.07) is 18.1. The second-order valence-electron chi connectivity index (χ2n) is 10.5. The number of likely N-dealkylation sites (N-methyl/N-ethyl adjacent to an activating group) is 1. The maximum Gasteiger partial charge on any atom is 0.246 e. The van der Waals surface area contributed by atoms with Gasteiger partial charge in [-0.25, -0.2) is 0 Å². The maximum atomic E-state index is 13.9. The number of fused-ring (bicyclic) bond motifs is 1. The molecular formula is C30H40N4O3. The number of rotatable bonds is 8. The number of benzene rings is 2. The summed E-state index contributed by atoms with van der Waals surface area (Å²) in [4.78, 5) is 44.3. The van der Waals surface area contributed by atoms with E-state index < -0.39 is 12.1 Å². The quantitative estimate of drug-likeness (QED) is 0.575. The summed E-state index contributed by atoms with van der Waals surface area (Å²) in [6.07, 6.45) is 5.47. The van der Waals surface area contributed by atoms with E-state index in [0.29, 0.717) is 19.3 Å². The molecule has 4 rings (SSSR count). The van der Waals surface area contributed by atoms with E-state index in [1.54, 1.807) is 4.90 Å². The summed E-state index contributed by atoms with van der Waals surface area (Å²) in [6.45, 7) is 1.97. The van der Waals surface area contributed by atoms with Gasteiger partial charge in [0.1, 0.15) is 12.1 Å². The fourth-order valence-electron chi connectivity index (χ4n) is 5.86. The first kappa shape index (κ1) is 26.9. The van der Waals surface area contributed by atoms with E-state index in [2.05, 4.69) is 10.6 Å². The predicted molar refractivity (Wildman–Crippen MR) is 145 cm³/mol. The van der Waals surface area contributed by atoms with Gasteiger partial charge in [-0.2, -0.15) is 0 Å². The van der Waals surface area contributed by atoms with E-state index in [9.17, 15) is 14.4 Å². The highest BCUT2D eigenvalue weighted by Gasteiger charge is 2.44. The van der Waals surface area contributed by atoms with Crippen LogP contribution in [0.3, 0.4) is 0 Å². The monoisotopic (exact) mass is 504 g/mol. The second kappa shape index (κ2) is 12.4. The molecule has 3 amide bonds. The smallest absolute Gasteiger partial charge is 0.246 e. The van der Waals surface area contributed by atoms with Crippen LogP contribution >= 0.6 is 0 Å². The van der Waals surface area contributed by atoms with Crippen LogP contribution in [0.4, 0.5) is 0 Å². The fourth-order valence-corrected chi connectivity index (χ4v) is 5.86. The summed E-state index contributed by atoms with van der Waals surface area (Å²) in [5, 5.41) is 6.28. The zero-order valence-corrected chi connectivity index (χ0v) is 22.2. The van der Waals surface area contributed by atoms with E-state index in [4.69, 9.17) is 0 Å². The summed E-state index contributed by atoms with van der Waals surface area (Å²) < 4.78 is 0. The van der Waals surface area contributed by atoms with Crippen LogP contribution in [0, 0.1) is 0 Å². The van der Waals surface area contributed by atoms with Crippen molar-refractivity contribution in [1.29, 1.82) is 0 Å². The van der Waals surface area contributed by atoms with Crippen molar-refractivity contribution in [2.75, 3.05) is 14.1 Å². The zero-order valence-electron chi connectivity index (χ0n) is 22.2. The molecule has 0 unspecified atom stereocenters. The average Bonchev–Trinajstić information content (AvgIpc) is 3.32. The molecule has 0 saturated carbocycles. The number of amides is 3. The minimum Gasteiger partial charge on any atom is -0.343 e. The molecule has 4 atom stereocenters. The first-order valence-electron chi connectivity index (χ1n) is 13.6. The van der Waals surface area contributed by atoms with E-state index in [0.717, 1.165) is 36.8 Å². The van der Waals surface area contributed by atoms with Crippen molar-refractivity contribution in [3.8, 4) is 0 Å². The Morgan fingerprint density at radius 1 is 0.919 bits per heavy atom. The Morgan fingerprint density at radius 2 is 1.51 bits per heavy atom. The Balaban J connectivity index is 1.55. The summed E-state index contributed by atoms with van der Waals surface area (Å²) in [7, 11) is 3.75. The van der Waals surface area contributed by atoms with Gasteiger partial charge in [0.05, 0.1) is 12.1 Å². The van der Waals surface area contributed by atoms with Crippen molar-refractivity contribution in [2.45, 2.75) is 82.1 Å². The third kappa shape index (κ3) is 6.21. The largest absolute Gasteiger partial charge is 0.343 e. The van der Waals surface area contributed by atoms with E-state index >= 15 is 0 Å². The van der Waals surface area contributed by atoms with Crippen molar-refractivity contribution in [1.82, 2.24) is 20.4 Å². The van der Waals surface area contributed by atoms with E-state index in [1.165, 1.54) is 0 Å². The molecule has 198 valence electrons. The molecule has 0 aromatic heterocycles. The standard InChI is InChI=1S/C30H40N4O3/c1-4-25(33(2)3)28(35)31-24-18-12-11-17-23-19-20-26(34(23)30(24)37)29(36)32-27(21-13-7-5-8-14-21)22-15-9-6-10-16-22/h5-10,13-16,23-27H,4,11-12,17-20H2,1-3H3,(H,31,35)(H,32,36)/t23-,24-,25-,26-/m0/s1. The van der Waals surface area contributed by atoms with Crippen molar-refractivity contribution < 1.29 is 14.4 Å². The Kier molecular flexibility index (Phi) is 8.98. The lowest BCUT2D eigenvalue weighted by Gasteiger charge is -2.36. The minimum atomic E-state index is -0.600. The van der Waals surface area contributed by atoms with Gasteiger partial charge in [0, 0.05) is 6.04 Å². The van der Waals surface area contributed by atoms with Crippen molar-refractivity contribution in [3.05, 3.63) is 71.8 Å². The Morgan fingerprint density at radius 3 is 2.08 bits per heavy atom. The number of nitrogens with zero attached hydrogens (tertiary/aromatic N) is 2. The van der Waals surface area contributed by atoms with E-state index in [1.807, 2.05) is 86.6 Å². The number of hydrogen-bond donors (Lipinski definition) is 2. The molecular weight excluding hydrogens is 464 g/mol. The molecule has 7 nitrogen and oxygen atoms in total. The first-order chi connectivity index (χ1) is 17.9. The lowest BCUT2D eigenvalue weighted by Crippen LogP contribution is -2.58. The lowest BCUT2D eigenvalue weighted by atomic mass is 9.97. The van der Waals surface area contributed by atoms with Gasteiger partial charge in [0.25, 0.3) is 0 Å². The zero-order chi connectivity index (χ0) is 26.4. The van der Waals surface area contributed by atoms with Gasteiger partial charge in [0.15, 0.2) is 0 Å². The average molecular weight is 505 g/mol. The maximum absolute atomic E-state index is 13.9. The third-order valence-corrected chi connectivity index (χ3v) is 7.82. The molecule has 0 spiro atoms. The molecule has 2 N–H and O–H groups in total. The molecule has 37 heavy (non-hydrogen) atoms. The van der Waals surface area contributed by atoms with Gasteiger partial charge in [-0.3, -0.25) is 19.3 Å². The van der Waals surface area contributed by atoms with Gasteiger partial charge in [-0.05, 0) is 57.3 Å². The van der Waals surface area contributed by atoms with Crippen LogP contribution in [0.1, 0.15) is 69.0 Å². The van der Waals surface area contributed by atoms with Crippen LogP contribution in [0.25, 0.3) is 0 Å². The van der Waals surface area contributed by atoms with Gasteiger partial charge in [0.2, 0.25) is 17.7 Å². The predicted octanol–water partition coefficient (Wildman–Crippen LogP) is 3.65. The second-order valence-corrected chi connectivity index (χ2v) is 10.5. The van der Waals surface area contributed by atoms with Crippen LogP contribution in [-0.4, -0.2) is 65.8 Å². The highest BCUT2D eigenvalue weighted by atomic mass is 16.2. The highest BCUT2D eigenvalue weighted by Crippen LogP contribution is 2.32. The minimum absolute atomic E-state index is 0.0330. The van der Waals surface area contributed by atoms with E-state index in [-0.39, 0.29) is 35.8 Å². The molecule has 2 aromatic rings. The number of nitrogens with one attached hydrogen (secondary N) is 2. The van der Waals surface area contributed by atoms with Gasteiger partial charge < -0.3 is 15.5 Å². The van der Waals surface area contributed by atoms with Gasteiger partial charge >= 0.3 is 0 Å². The van der Waals surface area contributed by atoms with Crippen molar-refractivity contribution in [2.24, 2.45) is 0 Å². The third-order valence-electron chi connectivity index (χ3n) is 7.82. The molecule has 2 saturated heterocycles. The number of carbonyl (C=O) groups excluding carboxylic acids is 3. The fraction of sp³-hybridized carbons (Fsp3) is 0.500. The number of hydrogen-bond acceptors (Lipinski definition) is 4. The normalized spacial score (nSPS) is 22.8. The topological polar surface area (TPSA) is 81.8 Å². The molecule has 2 aromatic carbocycles. The Labute approximate surface area is 220 Å². The summed E-state index contributed by atoms with van der Waals surface area (Å²) in [5.74, 6) is -0.393. The molecule has 2 heterocycles. The van der Waals surface area contributed by atoms with Crippen LogP contribution in [0.5, 0.6) is 0 Å². The summed E-state index contributed by atoms with van der Waals surface area (Å²) in [5.41, 5.74) is 1.99. The van der Waals surface area contributed by atoms with Crippen molar-refractivity contribution >= 4 is 17.7 Å². The molecule has 2 fully saturated rings. The number of carbonyl (C=O) groups is 3. The molecule has 0 radical (unpaired) electrons. The lowest BCUT2D eigenvalue weighted by molar-refractivity contribution is -0.144. The van der Waals surface area contributed by atoms with Crippen LogP contribution in [-0.2, 0) is 14.4 Å². The molecule has 2 aliphatic heterocycles. The first-order valence-corrected chi connectivity index (χ1v) is 13.6. The van der Waals surface area contributed by atoms with Crippen LogP contribution < -0.4 is 10.6 Å². The Bertz CT molecular complexity index is 1020.